The van der Waals surface area contributed by atoms with Crippen LogP contribution in [0, 0.1) is 0 Å². The highest BCUT2D eigenvalue weighted by Crippen LogP contribution is 2.32. The molecule has 0 aliphatic heterocycles. The van der Waals surface area contributed by atoms with Gasteiger partial charge in [0.15, 0.2) is 0 Å². The van der Waals surface area contributed by atoms with Crippen LogP contribution in [0.25, 0.3) is 0 Å². The Morgan fingerprint density at radius 3 is 2.36 bits per heavy atom. The molecule has 0 saturated heterocycles. The van der Waals surface area contributed by atoms with Gasteiger partial charge in [-0.1, -0.05) is 25.4 Å². The summed E-state index contributed by atoms with van der Waals surface area (Å²) in [6, 6.07) is 1.55. The molecule has 4 heteroatoms. The van der Waals surface area contributed by atoms with E-state index >= 15 is 0 Å². The van der Waals surface area contributed by atoms with Crippen molar-refractivity contribution in [3.8, 4) is 0 Å². The predicted octanol–water partition coefficient (Wildman–Crippen LogP) is 3.97. The molecule has 1 rings (SSSR count). The lowest BCUT2D eigenvalue weighted by molar-refractivity contribution is 0.0128. The van der Waals surface area contributed by atoms with Gasteiger partial charge in [0, 0.05) is 13.1 Å². The van der Waals surface area contributed by atoms with Crippen LogP contribution >= 0.6 is 11.6 Å². The van der Waals surface area contributed by atoms with Gasteiger partial charge in [-0.05, 0) is 17.5 Å². The Labute approximate surface area is 87.1 Å². The maximum atomic E-state index is 12.9. The quantitative estimate of drug-likeness (QED) is 0.734. The van der Waals surface area contributed by atoms with Crippen LogP contribution in [-0.2, 0) is 5.92 Å². The highest BCUT2D eigenvalue weighted by molar-refractivity contribution is 6.31. The van der Waals surface area contributed by atoms with Crippen LogP contribution < -0.4 is 0 Å². The third kappa shape index (κ3) is 2.41. The Hall–Kier alpha value is -0.700. The summed E-state index contributed by atoms with van der Waals surface area (Å²) in [4.78, 5) is 3.69. The largest absolute Gasteiger partial charge is 0.288 e. The summed E-state index contributed by atoms with van der Waals surface area (Å²) in [6.45, 7) is 4.70. The van der Waals surface area contributed by atoms with Gasteiger partial charge in [0.25, 0.3) is 5.92 Å². The summed E-state index contributed by atoms with van der Waals surface area (Å²) < 4.78 is 25.8. The van der Waals surface area contributed by atoms with E-state index < -0.39 is 5.92 Å². The fraction of sp³-hybridized carbons (Fsp3) is 0.500. The van der Waals surface area contributed by atoms with E-state index in [1.807, 2.05) is 13.8 Å². The van der Waals surface area contributed by atoms with Crippen LogP contribution in [0.5, 0.6) is 0 Å². The normalized spacial score (nSPS) is 12.2. The zero-order valence-electron chi connectivity index (χ0n) is 8.31. The van der Waals surface area contributed by atoms with Crippen LogP contribution in [0.15, 0.2) is 12.3 Å². The lowest BCUT2D eigenvalue weighted by Gasteiger charge is -2.13. The van der Waals surface area contributed by atoms with Crippen LogP contribution in [0.4, 0.5) is 8.78 Å². The molecule has 1 aromatic heterocycles. The van der Waals surface area contributed by atoms with Crippen molar-refractivity contribution in [2.24, 2.45) is 0 Å². The third-order valence-electron chi connectivity index (χ3n) is 1.94. The first kappa shape index (κ1) is 11.4. The van der Waals surface area contributed by atoms with E-state index in [-0.39, 0.29) is 16.6 Å². The van der Waals surface area contributed by atoms with Gasteiger partial charge < -0.3 is 0 Å². The molecule has 0 aromatic carbocycles. The second kappa shape index (κ2) is 3.81. The SMILES string of the molecule is CC(C)c1cnc(C(C)(F)F)c(Cl)c1. The zero-order valence-corrected chi connectivity index (χ0v) is 9.07. The molecule has 0 unspecified atom stereocenters. The third-order valence-corrected chi connectivity index (χ3v) is 2.23. The predicted molar refractivity (Wildman–Crippen MR) is 52.9 cm³/mol. The molecular formula is C10H12ClF2N. The average Bonchev–Trinajstić information content (AvgIpc) is 2.01. The van der Waals surface area contributed by atoms with Crippen molar-refractivity contribution in [2.75, 3.05) is 0 Å². The number of alkyl halides is 2. The zero-order chi connectivity index (χ0) is 10.9. The fourth-order valence-corrected chi connectivity index (χ4v) is 1.43. The number of aromatic nitrogens is 1. The lowest BCUT2D eigenvalue weighted by atomic mass is 10.1. The molecule has 1 nitrogen and oxygen atoms in total. The van der Waals surface area contributed by atoms with E-state index in [1.165, 1.54) is 6.20 Å². The second-order valence-corrected chi connectivity index (χ2v) is 4.05. The van der Waals surface area contributed by atoms with Crippen LogP contribution in [-0.4, -0.2) is 4.98 Å². The van der Waals surface area contributed by atoms with Crippen LogP contribution in [0.3, 0.4) is 0 Å². The lowest BCUT2D eigenvalue weighted by Crippen LogP contribution is -2.11. The van der Waals surface area contributed by atoms with Gasteiger partial charge in [-0.15, -0.1) is 0 Å². The molecule has 0 saturated carbocycles. The molecule has 0 amide bonds. The first-order chi connectivity index (χ1) is 6.32. The number of nitrogens with zero attached hydrogens (tertiary/aromatic N) is 1. The van der Waals surface area contributed by atoms with Crippen molar-refractivity contribution in [1.82, 2.24) is 4.98 Å². The molecule has 0 bridgehead atoms. The highest BCUT2D eigenvalue weighted by Gasteiger charge is 2.29. The molecule has 1 aromatic rings. The molecular weight excluding hydrogens is 208 g/mol. The number of rotatable bonds is 2. The summed E-state index contributed by atoms with van der Waals surface area (Å²) in [5, 5.41) is 0.0312. The monoisotopic (exact) mass is 219 g/mol. The highest BCUT2D eigenvalue weighted by atomic mass is 35.5. The molecule has 1 heterocycles. The van der Waals surface area contributed by atoms with Crippen molar-refractivity contribution in [2.45, 2.75) is 32.6 Å². The summed E-state index contributed by atoms with van der Waals surface area (Å²) in [7, 11) is 0. The van der Waals surface area contributed by atoms with E-state index in [2.05, 4.69) is 4.98 Å². The Bertz CT molecular complexity index is 331. The van der Waals surface area contributed by atoms with Crippen molar-refractivity contribution in [1.29, 1.82) is 0 Å². The topological polar surface area (TPSA) is 12.9 Å². The molecule has 0 aliphatic carbocycles. The van der Waals surface area contributed by atoms with Crippen molar-refractivity contribution in [3.63, 3.8) is 0 Å². The number of pyridine rings is 1. The van der Waals surface area contributed by atoms with Crippen LogP contribution in [0.1, 0.15) is 37.9 Å². The molecule has 0 atom stereocenters. The van der Waals surface area contributed by atoms with Crippen molar-refractivity contribution < 1.29 is 8.78 Å². The van der Waals surface area contributed by atoms with Gasteiger partial charge in [-0.25, -0.2) is 0 Å². The molecule has 0 aliphatic rings. The molecule has 14 heavy (non-hydrogen) atoms. The number of hydrogen-bond acceptors (Lipinski definition) is 1. The molecule has 78 valence electrons. The van der Waals surface area contributed by atoms with Gasteiger partial charge >= 0.3 is 0 Å². The standard InChI is InChI=1S/C10H12ClF2N/c1-6(2)7-4-8(11)9(14-5-7)10(3,12)13/h4-6H,1-3H3. The molecule has 0 fully saturated rings. The minimum absolute atomic E-state index is 0.0312. The van der Waals surface area contributed by atoms with E-state index in [0.717, 1.165) is 12.5 Å². The minimum Gasteiger partial charge on any atom is -0.253 e. The summed E-state index contributed by atoms with van der Waals surface area (Å²) in [5.74, 6) is -2.74. The van der Waals surface area contributed by atoms with E-state index in [1.54, 1.807) is 6.07 Å². The van der Waals surface area contributed by atoms with Crippen molar-refractivity contribution in [3.05, 3.63) is 28.5 Å². The number of hydrogen-bond donors (Lipinski definition) is 0. The maximum absolute atomic E-state index is 12.9. The minimum atomic E-state index is -2.98. The molecule has 0 spiro atoms. The summed E-state index contributed by atoms with van der Waals surface area (Å²) in [6.07, 6.45) is 1.45. The average molecular weight is 220 g/mol. The fourth-order valence-electron chi connectivity index (χ4n) is 1.09. The van der Waals surface area contributed by atoms with E-state index in [4.69, 9.17) is 11.6 Å². The maximum Gasteiger partial charge on any atom is 0.288 e. The van der Waals surface area contributed by atoms with E-state index in [0.29, 0.717) is 0 Å². The first-order valence-electron chi connectivity index (χ1n) is 4.36. The number of halogens is 3. The Kier molecular flexibility index (Phi) is 3.10. The van der Waals surface area contributed by atoms with Crippen molar-refractivity contribution >= 4 is 11.6 Å². The molecule has 0 N–H and O–H groups in total. The van der Waals surface area contributed by atoms with Crippen LogP contribution in [0.2, 0.25) is 5.02 Å². The van der Waals surface area contributed by atoms with Gasteiger partial charge in [0.05, 0.1) is 5.02 Å². The van der Waals surface area contributed by atoms with Gasteiger partial charge in [0.2, 0.25) is 0 Å². The van der Waals surface area contributed by atoms with Gasteiger partial charge in [-0.2, -0.15) is 8.78 Å². The Balaban J connectivity index is 3.15. The first-order valence-corrected chi connectivity index (χ1v) is 4.74. The Morgan fingerprint density at radius 2 is 2.00 bits per heavy atom. The smallest absolute Gasteiger partial charge is 0.253 e. The summed E-state index contributed by atoms with van der Waals surface area (Å²) in [5.41, 5.74) is 0.506. The Morgan fingerprint density at radius 1 is 1.43 bits per heavy atom. The van der Waals surface area contributed by atoms with Gasteiger partial charge in [0.1, 0.15) is 5.69 Å². The molecule has 0 radical (unpaired) electrons. The second-order valence-electron chi connectivity index (χ2n) is 3.64. The van der Waals surface area contributed by atoms with Gasteiger partial charge in [-0.3, -0.25) is 4.98 Å². The summed E-state index contributed by atoms with van der Waals surface area (Å²) >= 11 is 5.72. The van der Waals surface area contributed by atoms with E-state index in [9.17, 15) is 8.78 Å².